The maximum Gasteiger partial charge on any atom is 0.167 e. The molecule has 0 heterocycles. The van der Waals surface area contributed by atoms with E-state index in [2.05, 4.69) is 45.7 Å². The monoisotopic (exact) mass is 332 g/mol. The van der Waals surface area contributed by atoms with Crippen LogP contribution < -0.4 is 0 Å². The Morgan fingerprint density at radius 1 is 1.27 bits per heavy atom. The van der Waals surface area contributed by atoms with Crippen LogP contribution in [-0.2, 0) is 0 Å². The van der Waals surface area contributed by atoms with Gasteiger partial charge in [-0.05, 0) is 31.0 Å². The molecule has 0 aliphatic rings. The summed E-state index contributed by atoms with van der Waals surface area (Å²) in [6.07, 6.45) is 1.80. The molecule has 0 spiro atoms. The number of halogens is 2. The number of rotatable bonds is 4. The summed E-state index contributed by atoms with van der Waals surface area (Å²) in [6, 6.07) is 5.69. The first-order chi connectivity index (χ1) is 7.10. The number of carbonyl (C=O) groups is 1. The Hall–Kier alpha value is -0.150. The van der Waals surface area contributed by atoms with Gasteiger partial charge in [-0.25, -0.2) is 0 Å². The van der Waals surface area contributed by atoms with Crippen molar-refractivity contribution >= 4 is 37.6 Å². The van der Waals surface area contributed by atoms with E-state index >= 15 is 0 Å². The zero-order valence-electron chi connectivity index (χ0n) is 8.89. The van der Waals surface area contributed by atoms with E-state index in [1.807, 2.05) is 18.2 Å². The highest BCUT2D eigenvalue weighted by Crippen LogP contribution is 2.25. The summed E-state index contributed by atoms with van der Waals surface area (Å²) in [5, 5.41) is 0. The second-order valence-electron chi connectivity index (χ2n) is 3.50. The molecule has 0 aliphatic heterocycles. The van der Waals surface area contributed by atoms with Crippen molar-refractivity contribution < 1.29 is 4.79 Å². The average molecular weight is 334 g/mol. The smallest absolute Gasteiger partial charge is 0.167 e. The van der Waals surface area contributed by atoms with Crippen molar-refractivity contribution in [1.29, 1.82) is 0 Å². The van der Waals surface area contributed by atoms with Gasteiger partial charge in [0.25, 0.3) is 0 Å². The summed E-state index contributed by atoms with van der Waals surface area (Å²) >= 11 is 6.80. The zero-order valence-corrected chi connectivity index (χ0v) is 12.1. The van der Waals surface area contributed by atoms with Crippen LogP contribution >= 0.6 is 31.9 Å². The molecule has 0 unspecified atom stereocenters. The van der Waals surface area contributed by atoms with Crippen LogP contribution in [0, 0.1) is 5.92 Å². The van der Waals surface area contributed by atoms with Gasteiger partial charge in [-0.2, -0.15) is 0 Å². The first-order valence-electron chi connectivity index (χ1n) is 5.09. The van der Waals surface area contributed by atoms with Crippen LogP contribution in [0.1, 0.15) is 37.0 Å². The van der Waals surface area contributed by atoms with E-state index in [-0.39, 0.29) is 11.7 Å². The van der Waals surface area contributed by atoms with Gasteiger partial charge >= 0.3 is 0 Å². The topological polar surface area (TPSA) is 17.1 Å². The summed E-state index contributed by atoms with van der Waals surface area (Å²) in [5.41, 5.74) is 0.784. The number of benzene rings is 1. The summed E-state index contributed by atoms with van der Waals surface area (Å²) in [4.78, 5) is 12.1. The van der Waals surface area contributed by atoms with Crippen LogP contribution in [0.5, 0.6) is 0 Å². The molecule has 1 nitrogen and oxygen atoms in total. The quantitative estimate of drug-likeness (QED) is 0.721. The molecule has 1 rings (SSSR count). The highest BCUT2D eigenvalue weighted by Gasteiger charge is 2.18. The SMILES string of the molecule is CCC(CC)C(=O)c1ccc(Br)cc1Br. The van der Waals surface area contributed by atoms with Crippen molar-refractivity contribution in [3.8, 4) is 0 Å². The molecule has 0 amide bonds. The van der Waals surface area contributed by atoms with Crippen molar-refractivity contribution in [1.82, 2.24) is 0 Å². The van der Waals surface area contributed by atoms with Crippen LogP contribution in [0.4, 0.5) is 0 Å². The van der Waals surface area contributed by atoms with Crippen molar-refractivity contribution in [3.05, 3.63) is 32.7 Å². The highest BCUT2D eigenvalue weighted by molar-refractivity contribution is 9.11. The van der Waals surface area contributed by atoms with Crippen LogP contribution in [0.15, 0.2) is 27.1 Å². The van der Waals surface area contributed by atoms with Crippen molar-refractivity contribution in [2.45, 2.75) is 26.7 Å². The second-order valence-corrected chi connectivity index (χ2v) is 5.27. The molecule has 3 heteroatoms. The lowest BCUT2D eigenvalue weighted by atomic mass is 9.93. The summed E-state index contributed by atoms with van der Waals surface area (Å²) in [7, 11) is 0. The number of ketones is 1. The molecular weight excluding hydrogens is 320 g/mol. The fourth-order valence-corrected chi connectivity index (χ4v) is 2.81. The van der Waals surface area contributed by atoms with Gasteiger partial charge in [0.2, 0.25) is 0 Å². The van der Waals surface area contributed by atoms with Gasteiger partial charge in [0.15, 0.2) is 5.78 Å². The van der Waals surface area contributed by atoms with E-state index in [1.54, 1.807) is 0 Å². The lowest BCUT2D eigenvalue weighted by molar-refractivity contribution is 0.0912. The molecule has 0 aliphatic carbocycles. The normalized spacial score (nSPS) is 10.7. The van der Waals surface area contributed by atoms with Crippen LogP contribution in [0.25, 0.3) is 0 Å². The lowest BCUT2D eigenvalue weighted by Gasteiger charge is -2.12. The molecule has 0 radical (unpaired) electrons. The Morgan fingerprint density at radius 2 is 1.87 bits per heavy atom. The third-order valence-electron chi connectivity index (χ3n) is 2.55. The van der Waals surface area contributed by atoms with E-state index in [9.17, 15) is 4.79 Å². The van der Waals surface area contributed by atoms with Gasteiger partial charge in [0.05, 0.1) is 0 Å². The van der Waals surface area contributed by atoms with Crippen molar-refractivity contribution in [3.63, 3.8) is 0 Å². The van der Waals surface area contributed by atoms with Crippen LogP contribution in [0.2, 0.25) is 0 Å². The van der Waals surface area contributed by atoms with E-state index < -0.39 is 0 Å². The van der Waals surface area contributed by atoms with E-state index in [1.165, 1.54) is 0 Å². The molecule has 0 N–H and O–H groups in total. The first-order valence-corrected chi connectivity index (χ1v) is 6.68. The molecule has 1 aromatic carbocycles. The molecule has 0 bridgehead atoms. The van der Waals surface area contributed by atoms with Crippen molar-refractivity contribution in [2.75, 3.05) is 0 Å². The maximum absolute atomic E-state index is 12.1. The lowest BCUT2D eigenvalue weighted by Crippen LogP contribution is -2.13. The molecule has 0 saturated carbocycles. The molecule has 0 fully saturated rings. The number of hydrogen-bond acceptors (Lipinski definition) is 1. The predicted octanol–water partition coefficient (Wildman–Crippen LogP) is 4.83. The summed E-state index contributed by atoms with van der Waals surface area (Å²) < 4.78 is 1.85. The third-order valence-corrected chi connectivity index (χ3v) is 3.70. The predicted molar refractivity (Wildman–Crippen MR) is 70.2 cm³/mol. The van der Waals surface area contributed by atoms with Gasteiger partial charge in [-0.3, -0.25) is 4.79 Å². The van der Waals surface area contributed by atoms with Gasteiger partial charge in [0.1, 0.15) is 0 Å². The maximum atomic E-state index is 12.1. The van der Waals surface area contributed by atoms with Crippen molar-refractivity contribution in [2.24, 2.45) is 5.92 Å². The Balaban J connectivity index is 3.00. The number of Topliss-reactive ketones (excluding diaryl/α,β-unsaturated/α-hetero) is 1. The van der Waals surface area contributed by atoms with E-state index in [0.717, 1.165) is 27.4 Å². The minimum Gasteiger partial charge on any atom is -0.294 e. The van der Waals surface area contributed by atoms with Gasteiger partial charge in [-0.15, -0.1) is 0 Å². The number of carbonyl (C=O) groups excluding carboxylic acids is 1. The Bertz CT molecular complexity index is 357. The third kappa shape index (κ3) is 3.15. The molecule has 0 saturated heterocycles. The molecule has 15 heavy (non-hydrogen) atoms. The molecule has 1 aromatic rings. The van der Waals surface area contributed by atoms with E-state index in [4.69, 9.17) is 0 Å². The average Bonchev–Trinajstić information content (AvgIpc) is 2.19. The van der Waals surface area contributed by atoms with Crippen LogP contribution in [0.3, 0.4) is 0 Å². The molecule has 0 atom stereocenters. The van der Waals surface area contributed by atoms with Gasteiger partial charge in [-0.1, -0.05) is 45.7 Å². The Kier molecular flexibility index (Phi) is 5.00. The first kappa shape index (κ1) is 12.9. The molecule has 82 valence electrons. The summed E-state index contributed by atoms with van der Waals surface area (Å²) in [6.45, 7) is 4.11. The fraction of sp³-hybridized carbons (Fsp3) is 0.417. The van der Waals surface area contributed by atoms with E-state index in [0.29, 0.717) is 0 Å². The molecule has 0 aromatic heterocycles. The van der Waals surface area contributed by atoms with Crippen LogP contribution in [-0.4, -0.2) is 5.78 Å². The number of hydrogen-bond donors (Lipinski definition) is 0. The van der Waals surface area contributed by atoms with Gasteiger partial charge < -0.3 is 0 Å². The van der Waals surface area contributed by atoms with Gasteiger partial charge in [0, 0.05) is 20.4 Å². The minimum atomic E-state index is 0.141. The minimum absolute atomic E-state index is 0.141. The Morgan fingerprint density at radius 3 is 2.33 bits per heavy atom. The highest BCUT2D eigenvalue weighted by atomic mass is 79.9. The fourth-order valence-electron chi connectivity index (χ4n) is 1.57. The molecular formula is C12H14Br2O. The second kappa shape index (κ2) is 5.80. The Labute approximate surface area is 108 Å². The zero-order chi connectivity index (χ0) is 11.4. The summed E-state index contributed by atoms with van der Waals surface area (Å²) in [5.74, 6) is 0.377. The standard InChI is InChI=1S/C12H14Br2O/c1-3-8(4-2)12(15)10-6-5-9(13)7-11(10)14/h5-8H,3-4H2,1-2H3. The largest absolute Gasteiger partial charge is 0.294 e.